The summed E-state index contributed by atoms with van der Waals surface area (Å²) in [7, 11) is 1.73. The first kappa shape index (κ1) is 11.9. The van der Waals surface area contributed by atoms with Gasteiger partial charge in [0.2, 0.25) is 5.56 Å². The SMILES string of the molecule is Cn1cc(NCc2ccc(Br)cn2)ccc1=O. The van der Waals surface area contributed by atoms with Crippen molar-refractivity contribution in [1.29, 1.82) is 0 Å². The maximum Gasteiger partial charge on any atom is 0.250 e. The van der Waals surface area contributed by atoms with Crippen LogP contribution in [0.5, 0.6) is 0 Å². The van der Waals surface area contributed by atoms with E-state index in [1.165, 1.54) is 10.6 Å². The first-order chi connectivity index (χ1) is 8.15. The molecule has 0 fully saturated rings. The van der Waals surface area contributed by atoms with Crippen LogP contribution in [0, 0.1) is 0 Å². The Morgan fingerprint density at radius 2 is 2.18 bits per heavy atom. The van der Waals surface area contributed by atoms with E-state index in [0.29, 0.717) is 6.54 Å². The second kappa shape index (κ2) is 5.14. The molecule has 0 amide bonds. The van der Waals surface area contributed by atoms with Crippen molar-refractivity contribution in [1.82, 2.24) is 9.55 Å². The fourth-order valence-corrected chi connectivity index (χ4v) is 1.64. The van der Waals surface area contributed by atoms with Crippen LogP contribution in [0.2, 0.25) is 0 Å². The van der Waals surface area contributed by atoms with Gasteiger partial charge in [-0.15, -0.1) is 0 Å². The van der Waals surface area contributed by atoms with E-state index in [1.54, 1.807) is 25.5 Å². The van der Waals surface area contributed by atoms with Gasteiger partial charge in [-0.1, -0.05) is 0 Å². The Hall–Kier alpha value is -1.62. The smallest absolute Gasteiger partial charge is 0.250 e. The van der Waals surface area contributed by atoms with Gasteiger partial charge in [0.15, 0.2) is 0 Å². The number of hydrogen-bond acceptors (Lipinski definition) is 3. The summed E-state index contributed by atoms with van der Waals surface area (Å²) < 4.78 is 2.50. The van der Waals surface area contributed by atoms with Gasteiger partial charge in [-0.05, 0) is 34.1 Å². The Labute approximate surface area is 107 Å². The van der Waals surface area contributed by atoms with Gasteiger partial charge >= 0.3 is 0 Å². The van der Waals surface area contributed by atoms with Crippen LogP contribution in [-0.2, 0) is 13.6 Å². The summed E-state index contributed by atoms with van der Waals surface area (Å²) in [6.45, 7) is 0.630. The summed E-state index contributed by atoms with van der Waals surface area (Å²) in [5, 5.41) is 3.21. The van der Waals surface area contributed by atoms with Crippen LogP contribution in [0.1, 0.15) is 5.69 Å². The molecule has 0 aromatic carbocycles. The van der Waals surface area contributed by atoms with Gasteiger partial charge < -0.3 is 9.88 Å². The highest BCUT2D eigenvalue weighted by molar-refractivity contribution is 9.10. The zero-order valence-corrected chi connectivity index (χ0v) is 10.9. The Kier molecular flexibility index (Phi) is 3.58. The van der Waals surface area contributed by atoms with E-state index in [9.17, 15) is 4.79 Å². The lowest BCUT2D eigenvalue weighted by Crippen LogP contribution is -2.15. The third-order valence-corrected chi connectivity index (χ3v) is 2.82. The zero-order valence-electron chi connectivity index (χ0n) is 9.35. The third kappa shape index (κ3) is 3.17. The number of nitrogens with zero attached hydrogens (tertiary/aromatic N) is 2. The largest absolute Gasteiger partial charge is 0.378 e. The van der Waals surface area contributed by atoms with Crippen molar-refractivity contribution in [3.05, 3.63) is 57.2 Å². The molecule has 0 spiro atoms. The van der Waals surface area contributed by atoms with Crippen LogP contribution in [0.3, 0.4) is 0 Å². The molecule has 5 heteroatoms. The van der Waals surface area contributed by atoms with Gasteiger partial charge in [-0.25, -0.2) is 0 Å². The molecular weight excluding hydrogens is 282 g/mol. The molecular formula is C12H12BrN3O. The van der Waals surface area contributed by atoms with Crippen molar-refractivity contribution in [2.75, 3.05) is 5.32 Å². The van der Waals surface area contributed by atoms with Gasteiger partial charge in [0, 0.05) is 30.0 Å². The molecule has 2 aromatic rings. The van der Waals surface area contributed by atoms with Crippen molar-refractivity contribution in [3.63, 3.8) is 0 Å². The number of halogens is 1. The topological polar surface area (TPSA) is 46.9 Å². The molecule has 0 bridgehead atoms. The number of hydrogen-bond donors (Lipinski definition) is 1. The molecule has 0 aliphatic rings. The van der Waals surface area contributed by atoms with Gasteiger partial charge in [-0.3, -0.25) is 9.78 Å². The molecule has 0 saturated carbocycles. The molecule has 0 atom stereocenters. The van der Waals surface area contributed by atoms with E-state index < -0.39 is 0 Å². The minimum absolute atomic E-state index is 0.0164. The van der Waals surface area contributed by atoms with Crippen LogP contribution in [-0.4, -0.2) is 9.55 Å². The minimum atomic E-state index is -0.0164. The summed E-state index contributed by atoms with van der Waals surface area (Å²) in [5.74, 6) is 0. The molecule has 0 aliphatic carbocycles. The van der Waals surface area contributed by atoms with Crippen LogP contribution in [0.4, 0.5) is 5.69 Å². The maximum absolute atomic E-state index is 11.2. The third-order valence-electron chi connectivity index (χ3n) is 2.35. The first-order valence-corrected chi connectivity index (χ1v) is 5.95. The molecule has 17 heavy (non-hydrogen) atoms. The standard InChI is InChI=1S/C12H12BrN3O/c1-16-8-11(4-5-12(16)17)15-7-10-3-2-9(13)6-14-10/h2-6,8,15H,7H2,1H3. The fraction of sp³-hybridized carbons (Fsp3) is 0.167. The van der Waals surface area contributed by atoms with Crippen molar-refractivity contribution in [3.8, 4) is 0 Å². The molecule has 0 saturated heterocycles. The minimum Gasteiger partial charge on any atom is -0.378 e. The summed E-state index contributed by atoms with van der Waals surface area (Å²) in [6.07, 6.45) is 3.53. The molecule has 1 N–H and O–H groups in total. The van der Waals surface area contributed by atoms with E-state index in [4.69, 9.17) is 0 Å². The normalized spacial score (nSPS) is 10.2. The summed E-state index contributed by atoms with van der Waals surface area (Å²) in [6, 6.07) is 7.20. The number of rotatable bonds is 3. The number of aryl methyl sites for hydroxylation is 1. The molecule has 2 heterocycles. The highest BCUT2D eigenvalue weighted by atomic mass is 79.9. The molecule has 2 rings (SSSR count). The Morgan fingerprint density at radius 3 is 2.82 bits per heavy atom. The van der Waals surface area contributed by atoms with Gasteiger partial charge in [0.1, 0.15) is 0 Å². The number of pyridine rings is 2. The van der Waals surface area contributed by atoms with Crippen molar-refractivity contribution in [2.24, 2.45) is 7.05 Å². The zero-order chi connectivity index (χ0) is 12.3. The molecule has 0 unspecified atom stereocenters. The van der Waals surface area contributed by atoms with Crippen molar-refractivity contribution in [2.45, 2.75) is 6.54 Å². The lowest BCUT2D eigenvalue weighted by Gasteiger charge is -2.07. The quantitative estimate of drug-likeness (QED) is 0.943. The number of nitrogens with one attached hydrogen (secondary N) is 1. The van der Waals surface area contributed by atoms with Gasteiger partial charge in [0.05, 0.1) is 17.9 Å². The Morgan fingerprint density at radius 1 is 1.35 bits per heavy atom. The van der Waals surface area contributed by atoms with Crippen LogP contribution in [0.15, 0.2) is 45.9 Å². The summed E-state index contributed by atoms with van der Waals surface area (Å²) >= 11 is 3.34. The second-order valence-corrected chi connectivity index (χ2v) is 4.60. The first-order valence-electron chi connectivity index (χ1n) is 5.16. The number of aromatic nitrogens is 2. The van der Waals surface area contributed by atoms with E-state index in [0.717, 1.165) is 15.9 Å². The maximum atomic E-state index is 11.2. The average molecular weight is 294 g/mol. The van der Waals surface area contributed by atoms with Crippen LogP contribution < -0.4 is 10.9 Å². The van der Waals surface area contributed by atoms with E-state index in [1.807, 2.05) is 12.1 Å². The van der Waals surface area contributed by atoms with Crippen molar-refractivity contribution < 1.29 is 0 Å². The molecule has 2 aromatic heterocycles. The molecule has 0 radical (unpaired) electrons. The molecule has 0 aliphatic heterocycles. The predicted octanol–water partition coefficient (Wildman–Crippen LogP) is 2.15. The molecule has 4 nitrogen and oxygen atoms in total. The van der Waals surface area contributed by atoms with E-state index in [-0.39, 0.29) is 5.56 Å². The lowest BCUT2D eigenvalue weighted by molar-refractivity contribution is 0.858. The van der Waals surface area contributed by atoms with E-state index in [2.05, 4.69) is 26.2 Å². The Balaban J connectivity index is 2.04. The monoisotopic (exact) mass is 293 g/mol. The van der Waals surface area contributed by atoms with E-state index >= 15 is 0 Å². The summed E-state index contributed by atoms with van der Waals surface area (Å²) in [5.41, 5.74) is 1.83. The van der Waals surface area contributed by atoms with Crippen LogP contribution in [0.25, 0.3) is 0 Å². The predicted molar refractivity (Wildman–Crippen MR) is 70.9 cm³/mol. The van der Waals surface area contributed by atoms with Crippen LogP contribution >= 0.6 is 15.9 Å². The lowest BCUT2D eigenvalue weighted by atomic mass is 10.3. The number of anilines is 1. The van der Waals surface area contributed by atoms with Gasteiger partial charge in [0.25, 0.3) is 0 Å². The molecule has 88 valence electrons. The highest BCUT2D eigenvalue weighted by Crippen LogP contribution is 2.09. The fourth-order valence-electron chi connectivity index (χ4n) is 1.40. The average Bonchev–Trinajstić information content (AvgIpc) is 2.33. The summed E-state index contributed by atoms with van der Waals surface area (Å²) in [4.78, 5) is 15.5. The van der Waals surface area contributed by atoms with Gasteiger partial charge in [-0.2, -0.15) is 0 Å². The highest BCUT2D eigenvalue weighted by Gasteiger charge is 1.97. The van der Waals surface area contributed by atoms with Crippen molar-refractivity contribution >= 4 is 21.6 Å². The second-order valence-electron chi connectivity index (χ2n) is 3.69. The Bertz CT molecular complexity index is 563.